The van der Waals surface area contributed by atoms with E-state index in [9.17, 15) is 9.90 Å². The highest BCUT2D eigenvalue weighted by Gasteiger charge is 2.15. The normalized spacial score (nSPS) is 12.2. The van der Waals surface area contributed by atoms with Gasteiger partial charge >= 0.3 is 0 Å². The number of rotatable bonds is 6. The third-order valence-electron chi connectivity index (χ3n) is 2.48. The van der Waals surface area contributed by atoms with Crippen molar-refractivity contribution in [3.05, 3.63) is 22.2 Å². The number of phenolic OH excluding ortho intramolecular Hbond substituents is 1. The number of halogens is 2. The van der Waals surface area contributed by atoms with E-state index in [2.05, 4.69) is 5.32 Å². The largest absolute Gasteiger partial charge is 0.505 e. The highest BCUT2D eigenvalue weighted by Crippen LogP contribution is 2.34. The van der Waals surface area contributed by atoms with E-state index >= 15 is 0 Å². The van der Waals surface area contributed by atoms with Crippen molar-refractivity contribution in [3.8, 4) is 5.75 Å². The van der Waals surface area contributed by atoms with Crippen LogP contribution in [0, 0.1) is 0 Å². The maximum atomic E-state index is 11.8. The van der Waals surface area contributed by atoms with Crippen LogP contribution in [0.15, 0.2) is 12.1 Å². The van der Waals surface area contributed by atoms with Crippen LogP contribution >= 0.6 is 23.2 Å². The molecule has 0 aliphatic carbocycles. The molecule has 7 heteroatoms. The number of phenols is 1. The van der Waals surface area contributed by atoms with Crippen LogP contribution in [0.2, 0.25) is 10.0 Å². The molecule has 19 heavy (non-hydrogen) atoms. The third-order valence-corrected chi connectivity index (χ3v) is 3.06. The highest BCUT2D eigenvalue weighted by molar-refractivity contribution is 6.37. The number of carbonyl (C=O) groups is 1. The molecule has 0 heterocycles. The molecule has 1 rings (SSSR count). The van der Waals surface area contributed by atoms with E-state index in [1.165, 1.54) is 12.1 Å². The van der Waals surface area contributed by atoms with Gasteiger partial charge in [0.15, 0.2) is 5.75 Å². The second kappa shape index (κ2) is 7.55. The number of benzene rings is 1. The minimum Gasteiger partial charge on any atom is -0.505 e. The Hall–Kier alpha value is -1.01. The summed E-state index contributed by atoms with van der Waals surface area (Å²) in [5.41, 5.74) is 6.12. The van der Waals surface area contributed by atoms with Crippen LogP contribution < -0.4 is 11.1 Å². The summed E-state index contributed by atoms with van der Waals surface area (Å²) in [6.07, 6.45) is 1.21. The first-order valence-electron chi connectivity index (χ1n) is 5.69. The summed E-state index contributed by atoms with van der Waals surface area (Å²) in [6, 6.07) is 2.17. The molecule has 0 saturated heterocycles. The molecule has 0 spiro atoms. The molecule has 1 unspecified atom stereocenters. The molecule has 1 atom stereocenters. The Morgan fingerprint density at radius 3 is 2.58 bits per heavy atom. The minimum absolute atomic E-state index is 0.0655. The molecule has 106 valence electrons. The number of nitrogens with two attached hydrogens (primary N) is 1. The smallest absolute Gasteiger partial charge is 0.241 e. The standard InChI is InChI=1S/C12H16Cl2N2O3/c1-19-4-2-3-10(15)12(18)16-7-5-8(13)11(17)9(14)6-7/h5-6,10,17H,2-4,15H2,1H3,(H,16,18). The second-order valence-corrected chi connectivity index (χ2v) is 4.83. The van der Waals surface area contributed by atoms with Crippen molar-refractivity contribution < 1.29 is 14.6 Å². The zero-order chi connectivity index (χ0) is 14.4. The van der Waals surface area contributed by atoms with Crippen LogP contribution in [0.5, 0.6) is 5.75 Å². The van der Waals surface area contributed by atoms with E-state index in [0.717, 1.165) is 0 Å². The number of nitrogens with one attached hydrogen (secondary N) is 1. The van der Waals surface area contributed by atoms with Crippen molar-refractivity contribution in [2.24, 2.45) is 5.73 Å². The van der Waals surface area contributed by atoms with Gasteiger partial charge in [-0.05, 0) is 25.0 Å². The Labute approximate surface area is 121 Å². The summed E-state index contributed by atoms with van der Waals surface area (Å²) < 4.78 is 4.88. The zero-order valence-electron chi connectivity index (χ0n) is 10.5. The Balaban J connectivity index is 2.61. The summed E-state index contributed by atoms with van der Waals surface area (Å²) in [6.45, 7) is 0.553. The molecule has 1 aromatic rings. The van der Waals surface area contributed by atoms with E-state index in [1.807, 2.05) is 0 Å². The second-order valence-electron chi connectivity index (χ2n) is 4.02. The molecule has 0 aromatic heterocycles. The SMILES string of the molecule is COCCCC(N)C(=O)Nc1cc(Cl)c(O)c(Cl)c1. The summed E-state index contributed by atoms with van der Waals surface area (Å²) in [5.74, 6) is -0.556. The van der Waals surface area contributed by atoms with Gasteiger partial charge in [-0.25, -0.2) is 0 Å². The van der Waals surface area contributed by atoms with Crippen molar-refractivity contribution >= 4 is 34.8 Å². The lowest BCUT2D eigenvalue weighted by molar-refractivity contribution is -0.117. The van der Waals surface area contributed by atoms with Crippen LogP contribution in [0.1, 0.15) is 12.8 Å². The van der Waals surface area contributed by atoms with Crippen molar-refractivity contribution in [2.75, 3.05) is 19.0 Å². The molecule has 0 bridgehead atoms. The molecular weight excluding hydrogens is 291 g/mol. The van der Waals surface area contributed by atoms with Crippen molar-refractivity contribution in [1.29, 1.82) is 0 Å². The van der Waals surface area contributed by atoms with E-state index in [0.29, 0.717) is 25.1 Å². The Morgan fingerprint density at radius 2 is 2.05 bits per heavy atom. The van der Waals surface area contributed by atoms with Gasteiger partial charge in [-0.1, -0.05) is 23.2 Å². The average molecular weight is 307 g/mol. The number of hydrogen-bond acceptors (Lipinski definition) is 4. The summed E-state index contributed by atoms with van der Waals surface area (Å²) >= 11 is 11.5. The van der Waals surface area contributed by atoms with E-state index < -0.39 is 6.04 Å². The Bertz CT molecular complexity index is 432. The van der Waals surface area contributed by atoms with Gasteiger partial charge in [0.2, 0.25) is 5.91 Å². The topological polar surface area (TPSA) is 84.6 Å². The lowest BCUT2D eigenvalue weighted by atomic mass is 10.1. The van der Waals surface area contributed by atoms with Gasteiger partial charge in [0.05, 0.1) is 16.1 Å². The van der Waals surface area contributed by atoms with Gasteiger partial charge in [-0.3, -0.25) is 4.79 Å². The van der Waals surface area contributed by atoms with E-state index in [-0.39, 0.29) is 21.7 Å². The van der Waals surface area contributed by atoms with Crippen LogP contribution in [0.25, 0.3) is 0 Å². The molecule has 0 saturated carbocycles. The molecule has 0 aliphatic rings. The van der Waals surface area contributed by atoms with E-state index in [4.69, 9.17) is 33.7 Å². The highest BCUT2D eigenvalue weighted by atomic mass is 35.5. The van der Waals surface area contributed by atoms with Crippen molar-refractivity contribution in [2.45, 2.75) is 18.9 Å². The first-order chi connectivity index (χ1) is 8.95. The number of carbonyl (C=O) groups excluding carboxylic acids is 1. The molecule has 4 N–H and O–H groups in total. The predicted octanol–water partition coefficient (Wildman–Crippen LogP) is 2.39. The van der Waals surface area contributed by atoms with Gasteiger partial charge in [-0.2, -0.15) is 0 Å². The zero-order valence-corrected chi connectivity index (χ0v) is 12.0. The Morgan fingerprint density at radius 1 is 1.47 bits per heavy atom. The molecule has 5 nitrogen and oxygen atoms in total. The predicted molar refractivity (Wildman–Crippen MR) is 75.8 cm³/mol. The molecule has 1 amide bonds. The van der Waals surface area contributed by atoms with Crippen LogP contribution in [0.3, 0.4) is 0 Å². The van der Waals surface area contributed by atoms with Gasteiger partial charge in [0.25, 0.3) is 0 Å². The summed E-state index contributed by atoms with van der Waals surface area (Å²) in [5, 5.41) is 12.1. The molecule has 1 aromatic carbocycles. The molecule has 0 fully saturated rings. The van der Waals surface area contributed by atoms with Crippen LogP contribution in [0.4, 0.5) is 5.69 Å². The average Bonchev–Trinajstić information content (AvgIpc) is 2.36. The third kappa shape index (κ3) is 4.87. The Kier molecular flexibility index (Phi) is 6.37. The molecule has 0 aliphatic heterocycles. The van der Waals surface area contributed by atoms with Gasteiger partial charge in [0.1, 0.15) is 0 Å². The fraction of sp³-hybridized carbons (Fsp3) is 0.417. The van der Waals surface area contributed by atoms with Crippen LogP contribution in [-0.4, -0.2) is 30.8 Å². The summed E-state index contributed by atoms with van der Waals surface area (Å²) in [7, 11) is 1.59. The first-order valence-corrected chi connectivity index (χ1v) is 6.44. The van der Waals surface area contributed by atoms with Crippen molar-refractivity contribution in [3.63, 3.8) is 0 Å². The fourth-order valence-corrected chi connectivity index (χ4v) is 1.94. The van der Waals surface area contributed by atoms with E-state index in [1.54, 1.807) is 7.11 Å². The van der Waals surface area contributed by atoms with Gasteiger partial charge in [-0.15, -0.1) is 0 Å². The lowest BCUT2D eigenvalue weighted by Gasteiger charge is -2.13. The number of ether oxygens (including phenoxy) is 1. The number of anilines is 1. The first kappa shape index (κ1) is 16.0. The molecule has 0 radical (unpaired) electrons. The number of amides is 1. The number of hydrogen-bond donors (Lipinski definition) is 3. The maximum absolute atomic E-state index is 11.8. The minimum atomic E-state index is -0.637. The lowest BCUT2D eigenvalue weighted by Crippen LogP contribution is -2.35. The molecular formula is C12H16Cl2N2O3. The van der Waals surface area contributed by atoms with Crippen molar-refractivity contribution in [1.82, 2.24) is 0 Å². The quantitative estimate of drug-likeness (QED) is 0.556. The van der Waals surface area contributed by atoms with Gasteiger partial charge < -0.3 is 20.9 Å². The summed E-state index contributed by atoms with van der Waals surface area (Å²) in [4.78, 5) is 11.8. The monoisotopic (exact) mass is 306 g/mol. The fourth-order valence-electron chi connectivity index (χ4n) is 1.45. The number of aromatic hydroxyl groups is 1. The van der Waals surface area contributed by atoms with Crippen LogP contribution in [-0.2, 0) is 9.53 Å². The number of methoxy groups -OCH3 is 1. The maximum Gasteiger partial charge on any atom is 0.241 e. The van der Waals surface area contributed by atoms with Gasteiger partial charge in [0, 0.05) is 19.4 Å².